The van der Waals surface area contributed by atoms with Crippen LogP contribution < -0.4 is 4.90 Å². The first-order valence-corrected chi connectivity index (χ1v) is 11.2. The molecule has 4 rings (SSSR count). The van der Waals surface area contributed by atoms with Crippen LogP contribution in [0.15, 0.2) is 36.7 Å². The van der Waals surface area contributed by atoms with Gasteiger partial charge < -0.3 is 9.45 Å². The summed E-state index contributed by atoms with van der Waals surface area (Å²) in [6.45, 7) is -0.542. The van der Waals surface area contributed by atoms with Gasteiger partial charge in [0.1, 0.15) is 17.8 Å². The number of imidazole rings is 1. The van der Waals surface area contributed by atoms with Gasteiger partial charge in [-0.1, -0.05) is 0 Å². The predicted octanol–water partition coefficient (Wildman–Crippen LogP) is 3.18. The van der Waals surface area contributed by atoms with Crippen molar-refractivity contribution in [3.8, 4) is 11.3 Å². The van der Waals surface area contributed by atoms with Crippen LogP contribution in [0.25, 0.3) is 16.9 Å². The molecule has 0 saturated carbocycles. The van der Waals surface area contributed by atoms with Crippen molar-refractivity contribution in [3.05, 3.63) is 42.4 Å². The van der Waals surface area contributed by atoms with Gasteiger partial charge in [0.05, 0.1) is 35.7 Å². The lowest BCUT2D eigenvalue weighted by molar-refractivity contribution is -0.106. The summed E-state index contributed by atoms with van der Waals surface area (Å²) in [7, 11) is 0. The molecule has 3 aromatic rings. The zero-order valence-corrected chi connectivity index (χ0v) is 17.7. The third-order valence-electron chi connectivity index (χ3n) is 5.40. The van der Waals surface area contributed by atoms with E-state index in [0.29, 0.717) is 27.2 Å². The number of aromatic nitrogens is 4. The molecule has 0 bridgehead atoms. The highest BCUT2D eigenvalue weighted by molar-refractivity contribution is 7.88. The lowest BCUT2D eigenvalue weighted by Crippen LogP contribution is -2.51. The smallest absolute Gasteiger partial charge is 0.282 e. The molecule has 0 amide bonds. The maximum Gasteiger partial charge on any atom is 0.282 e. The molecular weight excluding hydrogens is 452 g/mol. The van der Waals surface area contributed by atoms with Gasteiger partial charge >= 0.3 is 0 Å². The van der Waals surface area contributed by atoms with Crippen molar-refractivity contribution in [2.45, 2.75) is 18.8 Å². The van der Waals surface area contributed by atoms with Crippen molar-refractivity contribution in [1.29, 1.82) is 0 Å². The summed E-state index contributed by atoms with van der Waals surface area (Å²) in [5, 5.41) is 13.6. The minimum absolute atomic E-state index is 0.0293. The predicted molar refractivity (Wildman–Crippen MR) is 109 cm³/mol. The maximum atomic E-state index is 14.4. The second-order valence-corrected chi connectivity index (χ2v) is 8.76. The van der Waals surface area contributed by atoms with E-state index in [1.807, 2.05) is 0 Å². The zero-order chi connectivity index (χ0) is 23.0. The third kappa shape index (κ3) is 4.51. The molecule has 0 spiro atoms. The van der Waals surface area contributed by atoms with Gasteiger partial charge in [-0.15, -0.1) is 0 Å². The standard InChI is InChI=1S/C19H20F4N6O2S/c1-32(31)28(30)11-13-10-27(7-5-19(13,22)23)17-8-12(4-6-24-17)15-9-25-16-3-2-14(18(20)21)26-29(15)16/h2-4,6,8-9,13,18,30H,5,7,10-11H2,1H3. The lowest BCUT2D eigenvalue weighted by atomic mass is 9.93. The van der Waals surface area contributed by atoms with E-state index in [-0.39, 0.29) is 13.1 Å². The minimum atomic E-state index is -3.04. The van der Waals surface area contributed by atoms with Crippen LogP contribution in [0.4, 0.5) is 23.4 Å². The fourth-order valence-corrected chi connectivity index (χ4v) is 4.01. The van der Waals surface area contributed by atoms with Crippen molar-refractivity contribution in [1.82, 2.24) is 24.1 Å². The number of pyridine rings is 1. The molecule has 0 aliphatic carbocycles. The lowest BCUT2D eigenvalue weighted by Gasteiger charge is -2.39. The number of halogens is 4. The highest BCUT2D eigenvalue weighted by Gasteiger charge is 2.46. The van der Waals surface area contributed by atoms with E-state index in [1.54, 1.807) is 17.0 Å². The van der Waals surface area contributed by atoms with Gasteiger partial charge in [-0.3, -0.25) is 5.21 Å². The van der Waals surface area contributed by atoms with Crippen LogP contribution >= 0.6 is 0 Å². The second kappa shape index (κ2) is 8.81. The van der Waals surface area contributed by atoms with Crippen LogP contribution in [0.3, 0.4) is 0 Å². The van der Waals surface area contributed by atoms with Crippen LogP contribution in [0.2, 0.25) is 0 Å². The molecule has 1 aliphatic heterocycles. The van der Waals surface area contributed by atoms with Crippen LogP contribution in [-0.2, 0) is 11.4 Å². The molecule has 13 heteroatoms. The average Bonchev–Trinajstić information content (AvgIpc) is 3.18. The summed E-state index contributed by atoms with van der Waals surface area (Å²) in [5.41, 5.74) is 1.02. The highest BCUT2D eigenvalue weighted by atomic mass is 32.2. The molecule has 2 unspecified atom stereocenters. The number of fused-ring (bicyclic) bond motifs is 1. The molecule has 1 saturated heterocycles. The summed E-state index contributed by atoms with van der Waals surface area (Å²) >= 11 is -1.79. The topological polar surface area (TPSA) is 92.9 Å². The Morgan fingerprint density at radius 1 is 1.31 bits per heavy atom. The van der Waals surface area contributed by atoms with E-state index in [4.69, 9.17) is 0 Å². The molecule has 32 heavy (non-hydrogen) atoms. The number of hydrogen-bond acceptors (Lipinski definition) is 7. The van der Waals surface area contributed by atoms with Crippen LogP contribution in [0.1, 0.15) is 18.5 Å². The Bertz CT molecular complexity index is 1100. The number of piperidine rings is 1. The molecular formula is C19H20F4N6O2S. The summed E-state index contributed by atoms with van der Waals surface area (Å²) in [6, 6.07) is 5.94. The maximum absolute atomic E-state index is 14.4. The average molecular weight is 472 g/mol. The SMILES string of the molecule is C[S+]([O-])N(O)CC1CN(c2cc(-c3cnc4ccc(C(F)F)nn34)ccn2)CCC1(F)F. The first kappa shape index (κ1) is 22.7. The third-order valence-corrected chi connectivity index (χ3v) is 6.14. The number of nitrogens with zero attached hydrogens (tertiary/aromatic N) is 6. The Morgan fingerprint density at radius 3 is 2.81 bits per heavy atom. The number of alkyl halides is 4. The van der Waals surface area contributed by atoms with Crippen LogP contribution in [-0.4, -0.2) is 65.6 Å². The molecule has 4 heterocycles. The van der Waals surface area contributed by atoms with E-state index < -0.39 is 48.3 Å². The molecule has 1 fully saturated rings. The number of hydroxylamine groups is 1. The van der Waals surface area contributed by atoms with Crippen molar-refractivity contribution in [2.24, 2.45) is 5.92 Å². The molecule has 1 aliphatic rings. The van der Waals surface area contributed by atoms with Gasteiger partial charge in [0.2, 0.25) is 0 Å². The second-order valence-electron chi connectivity index (χ2n) is 7.49. The Kier molecular flexibility index (Phi) is 6.25. The fourth-order valence-electron chi connectivity index (χ4n) is 3.62. The van der Waals surface area contributed by atoms with E-state index in [2.05, 4.69) is 15.1 Å². The molecule has 0 aromatic carbocycles. The fraction of sp³-hybridized carbons (Fsp3) is 0.421. The summed E-state index contributed by atoms with van der Waals surface area (Å²) in [4.78, 5) is 10.1. The van der Waals surface area contributed by atoms with Crippen LogP contribution in [0.5, 0.6) is 0 Å². The van der Waals surface area contributed by atoms with Gasteiger partial charge in [0, 0.05) is 31.3 Å². The van der Waals surface area contributed by atoms with Gasteiger partial charge in [-0.2, -0.15) is 5.10 Å². The Hall–Kier alpha value is -2.48. The largest absolute Gasteiger partial charge is 0.596 e. The number of hydrogen-bond donors (Lipinski definition) is 1. The van der Waals surface area contributed by atoms with Crippen molar-refractivity contribution < 1.29 is 27.3 Å². The summed E-state index contributed by atoms with van der Waals surface area (Å²) in [6.07, 6.45) is 0.986. The van der Waals surface area contributed by atoms with Crippen LogP contribution in [0, 0.1) is 5.92 Å². The van der Waals surface area contributed by atoms with Crippen molar-refractivity contribution in [2.75, 3.05) is 30.8 Å². The Balaban J connectivity index is 1.62. The van der Waals surface area contributed by atoms with E-state index in [9.17, 15) is 27.3 Å². The number of anilines is 1. The minimum Gasteiger partial charge on any atom is -0.596 e. The molecule has 2 atom stereocenters. The number of rotatable bonds is 6. The molecule has 3 aromatic heterocycles. The van der Waals surface area contributed by atoms with Gasteiger partial charge in [0.25, 0.3) is 12.3 Å². The molecule has 0 radical (unpaired) electrons. The van der Waals surface area contributed by atoms with Gasteiger partial charge in [0.15, 0.2) is 5.65 Å². The van der Waals surface area contributed by atoms with Crippen molar-refractivity contribution >= 4 is 22.8 Å². The van der Waals surface area contributed by atoms with Gasteiger partial charge in [-0.05, 0) is 28.7 Å². The van der Waals surface area contributed by atoms with Gasteiger partial charge in [-0.25, -0.2) is 32.0 Å². The van der Waals surface area contributed by atoms with Crippen molar-refractivity contribution in [3.63, 3.8) is 0 Å². The molecule has 172 valence electrons. The first-order chi connectivity index (χ1) is 15.2. The first-order valence-electron chi connectivity index (χ1n) is 9.67. The quantitative estimate of drug-likeness (QED) is 0.335. The zero-order valence-electron chi connectivity index (χ0n) is 16.9. The van der Waals surface area contributed by atoms with E-state index >= 15 is 0 Å². The Morgan fingerprint density at radius 2 is 2.09 bits per heavy atom. The summed E-state index contributed by atoms with van der Waals surface area (Å²) < 4.78 is 68.0. The van der Waals surface area contributed by atoms with E-state index in [1.165, 1.54) is 35.3 Å². The molecule has 8 nitrogen and oxygen atoms in total. The normalized spacial score (nSPS) is 19.8. The van der Waals surface area contributed by atoms with E-state index in [0.717, 1.165) is 0 Å². The summed E-state index contributed by atoms with van der Waals surface area (Å²) in [5.74, 6) is -3.89. The molecule has 1 N–H and O–H groups in total. The Labute approximate surface area is 183 Å². The monoisotopic (exact) mass is 472 g/mol. The highest BCUT2D eigenvalue weighted by Crippen LogP contribution is 2.36.